The summed E-state index contributed by atoms with van der Waals surface area (Å²) in [5.41, 5.74) is 1.93. The van der Waals surface area contributed by atoms with Gasteiger partial charge in [0.2, 0.25) is 5.91 Å². The highest BCUT2D eigenvalue weighted by Gasteiger charge is 2.35. The maximum atomic E-state index is 12.2. The highest BCUT2D eigenvalue weighted by Crippen LogP contribution is 2.19. The smallest absolute Gasteiger partial charge is 0.220 e. The molecule has 6 nitrogen and oxygen atoms in total. The first kappa shape index (κ1) is 15.5. The van der Waals surface area contributed by atoms with Crippen molar-refractivity contribution in [3.63, 3.8) is 0 Å². The van der Waals surface area contributed by atoms with Crippen LogP contribution in [-0.2, 0) is 16.0 Å². The first-order chi connectivity index (χ1) is 10.6. The van der Waals surface area contributed by atoms with Crippen LogP contribution in [0.15, 0.2) is 4.52 Å². The summed E-state index contributed by atoms with van der Waals surface area (Å²) in [4.78, 5) is 14.7. The summed E-state index contributed by atoms with van der Waals surface area (Å²) in [6.45, 7) is 7.41. The van der Waals surface area contributed by atoms with Crippen LogP contribution in [0.5, 0.6) is 0 Å². The Bertz CT molecular complexity index is 503. The van der Waals surface area contributed by atoms with Crippen molar-refractivity contribution in [1.82, 2.24) is 15.4 Å². The van der Waals surface area contributed by atoms with Crippen LogP contribution < -0.4 is 5.32 Å². The fraction of sp³-hybridized carbons (Fsp3) is 0.750. The maximum Gasteiger partial charge on any atom is 0.220 e. The van der Waals surface area contributed by atoms with Crippen LogP contribution in [0.1, 0.15) is 36.3 Å². The molecule has 0 aromatic carbocycles. The monoisotopic (exact) mass is 307 g/mol. The molecule has 1 amide bonds. The van der Waals surface area contributed by atoms with Crippen molar-refractivity contribution in [3.8, 4) is 0 Å². The van der Waals surface area contributed by atoms with Crippen molar-refractivity contribution in [1.29, 1.82) is 0 Å². The van der Waals surface area contributed by atoms with Crippen LogP contribution in [0.25, 0.3) is 0 Å². The lowest BCUT2D eigenvalue weighted by Gasteiger charge is -2.27. The number of carbonyl (C=O) groups is 1. The number of amides is 1. The molecular formula is C16H25N3O3. The lowest BCUT2D eigenvalue weighted by atomic mass is 10.1. The Morgan fingerprint density at radius 3 is 2.77 bits per heavy atom. The second kappa shape index (κ2) is 6.79. The quantitative estimate of drug-likeness (QED) is 0.885. The Kier molecular flexibility index (Phi) is 4.78. The third kappa shape index (κ3) is 3.33. The van der Waals surface area contributed by atoms with E-state index >= 15 is 0 Å². The maximum absolute atomic E-state index is 12.2. The van der Waals surface area contributed by atoms with Gasteiger partial charge >= 0.3 is 0 Å². The average molecular weight is 307 g/mol. The first-order valence-electron chi connectivity index (χ1n) is 8.18. The van der Waals surface area contributed by atoms with Crippen LogP contribution in [0, 0.1) is 13.8 Å². The fourth-order valence-electron chi connectivity index (χ4n) is 3.49. The average Bonchev–Trinajstić information content (AvgIpc) is 3.20. The van der Waals surface area contributed by atoms with Crippen molar-refractivity contribution in [2.24, 2.45) is 0 Å². The van der Waals surface area contributed by atoms with E-state index in [1.807, 2.05) is 13.8 Å². The normalized spacial score (nSPS) is 25.7. The Balaban J connectivity index is 1.50. The molecule has 0 bridgehead atoms. The topological polar surface area (TPSA) is 67.6 Å². The molecule has 0 radical (unpaired) electrons. The molecule has 6 heteroatoms. The summed E-state index contributed by atoms with van der Waals surface area (Å²) in [6, 6.07) is 0.459. The summed E-state index contributed by atoms with van der Waals surface area (Å²) in [5, 5.41) is 7.08. The molecule has 1 aromatic rings. The predicted octanol–water partition coefficient (Wildman–Crippen LogP) is 1.20. The van der Waals surface area contributed by atoms with Gasteiger partial charge in [-0.25, -0.2) is 0 Å². The number of aryl methyl sites for hydroxylation is 2. The minimum atomic E-state index is 0.0831. The Morgan fingerprint density at radius 2 is 2.09 bits per heavy atom. The van der Waals surface area contributed by atoms with Gasteiger partial charge in [-0.15, -0.1) is 0 Å². The number of likely N-dealkylation sites (tertiary alicyclic amines) is 1. The molecule has 0 saturated carbocycles. The molecule has 122 valence electrons. The molecule has 2 saturated heterocycles. The fourth-order valence-corrected chi connectivity index (χ4v) is 3.49. The Morgan fingerprint density at radius 1 is 1.32 bits per heavy atom. The summed E-state index contributed by atoms with van der Waals surface area (Å²) < 4.78 is 10.7. The van der Waals surface area contributed by atoms with Gasteiger partial charge in [0.15, 0.2) is 0 Å². The number of nitrogens with one attached hydrogen (secondary N) is 1. The summed E-state index contributed by atoms with van der Waals surface area (Å²) in [6.07, 6.45) is 3.65. The molecular weight excluding hydrogens is 282 g/mol. The van der Waals surface area contributed by atoms with Crippen molar-refractivity contribution < 1.29 is 14.1 Å². The third-order valence-electron chi connectivity index (χ3n) is 4.79. The molecule has 22 heavy (non-hydrogen) atoms. The van der Waals surface area contributed by atoms with Crippen molar-refractivity contribution in [3.05, 3.63) is 17.0 Å². The van der Waals surface area contributed by atoms with Gasteiger partial charge in [-0.2, -0.15) is 0 Å². The van der Waals surface area contributed by atoms with Crippen LogP contribution in [0.3, 0.4) is 0 Å². The number of hydrogen-bond acceptors (Lipinski definition) is 5. The van der Waals surface area contributed by atoms with E-state index in [9.17, 15) is 4.79 Å². The van der Waals surface area contributed by atoms with Gasteiger partial charge in [0.25, 0.3) is 0 Å². The van der Waals surface area contributed by atoms with E-state index in [0.29, 0.717) is 25.5 Å². The lowest BCUT2D eigenvalue weighted by Crippen LogP contribution is -2.50. The number of nitrogens with zero attached hydrogens (tertiary/aromatic N) is 2. The van der Waals surface area contributed by atoms with Crippen LogP contribution in [0.2, 0.25) is 0 Å². The Labute approximate surface area is 131 Å². The molecule has 1 aromatic heterocycles. The van der Waals surface area contributed by atoms with Gasteiger partial charge < -0.3 is 14.6 Å². The van der Waals surface area contributed by atoms with E-state index < -0.39 is 0 Å². The molecule has 3 rings (SSSR count). The first-order valence-corrected chi connectivity index (χ1v) is 8.18. The molecule has 0 aliphatic carbocycles. The predicted molar refractivity (Wildman–Crippen MR) is 81.6 cm³/mol. The third-order valence-corrected chi connectivity index (χ3v) is 4.79. The van der Waals surface area contributed by atoms with Gasteiger partial charge in [-0.05, 0) is 46.2 Å². The molecule has 1 N–H and O–H groups in total. The summed E-state index contributed by atoms with van der Waals surface area (Å²) >= 11 is 0. The van der Waals surface area contributed by atoms with Crippen LogP contribution in [0.4, 0.5) is 0 Å². The minimum absolute atomic E-state index is 0.0831. The second-order valence-corrected chi connectivity index (χ2v) is 6.32. The van der Waals surface area contributed by atoms with E-state index in [0.717, 1.165) is 36.7 Å². The molecule has 2 atom stereocenters. The zero-order valence-corrected chi connectivity index (χ0v) is 13.4. The second-order valence-electron chi connectivity index (χ2n) is 6.32. The summed E-state index contributed by atoms with van der Waals surface area (Å²) in [7, 11) is 0. The van der Waals surface area contributed by atoms with Gasteiger partial charge in [0.05, 0.1) is 31.0 Å². The molecule has 2 aliphatic heterocycles. The van der Waals surface area contributed by atoms with Crippen LogP contribution >= 0.6 is 0 Å². The zero-order valence-electron chi connectivity index (χ0n) is 13.4. The number of rotatable bonds is 5. The molecule has 2 fully saturated rings. The zero-order chi connectivity index (χ0) is 15.5. The van der Waals surface area contributed by atoms with E-state index in [4.69, 9.17) is 9.26 Å². The highest BCUT2D eigenvalue weighted by molar-refractivity contribution is 5.76. The van der Waals surface area contributed by atoms with E-state index in [1.165, 1.54) is 12.8 Å². The van der Waals surface area contributed by atoms with E-state index in [2.05, 4.69) is 15.4 Å². The van der Waals surface area contributed by atoms with Crippen LogP contribution in [-0.4, -0.2) is 54.4 Å². The molecule has 0 spiro atoms. The van der Waals surface area contributed by atoms with E-state index in [-0.39, 0.29) is 11.9 Å². The van der Waals surface area contributed by atoms with Gasteiger partial charge in [0, 0.05) is 12.0 Å². The number of hydrogen-bond donors (Lipinski definition) is 1. The lowest BCUT2D eigenvalue weighted by molar-refractivity contribution is -0.122. The van der Waals surface area contributed by atoms with Crippen molar-refractivity contribution in [2.45, 2.75) is 51.6 Å². The number of carbonyl (C=O) groups excluding carboxylic acids is 1. The van der Waals surface area contributed by atoms with Gasteiger partial charge in [-0.3, -0.25) is 9.69 Å². The largest absolute Gasteiger partial charge is 0.378 e. The van der Waals surface area contributed by atoms with E-state index in [1.54, 1.807) is 0 Å². The number of ether oxygens (including phenoxy) is 1. The highest BCUT2D eigenvalue weighted by atomic mass is 16.5. The SMILES string of the molecule is Cc1noc(C)c1CCC(=O)N[C@@H]1COC[C@H]1N1CCCC1. The molecule has 3 heterocycles. The molecule has 0 unspecified atom stereocenters. The molecule has 2 aliphatic rings. The standard InChI is InChI=1S/C16H25N3O3/c1-11-13(12(2)22-18-11)5-6-16(20)17-14-9-21-10-15(14)19-7-3-4-8-19/h14-15H,3-10H2,1-2H3,(H,17,20)/t14-,15-/m1/s1. The summed E-state index contributed by atoms with van der Waals surface area (Å²) in [5.74, 6) is 0.893. The Hall–Kier alpha value is -1.40. The number of aromatic nitrogens is 1. The van der Waals surface area contributed by atoms with Gasteiger partial charge in [0.1, 0.15) is 5.76 Å². The van der Waals surface area contributed by atoms with Gasteiger partial charge in [-0.1, -0.05) is 5.16 Å². The minimum Gasteiger partial charge on any atom is -0.378 e. The van der Waals surface area contributed by atoms with Crippen molar-refractivity contribution >= 4 is 5.91 Å². The van der Waals surface area contributed by atoms with Crippen molar-refractivity contribution in [2.75, 3.05) is 26.3 Å².